The summed E-state index contributed by atoms with van der Waals surface area (Å²) in [5, 5.41) is -0.0701. The fourth-order valence-electron chi connectivity index (χ4n) is 2.74. The topological polar surface area (TPSA) is 48.0 Å². The van der Waals surface area contributed by atoms with Crippen molar-refractivity contribution in [3.8, 4) is 11.5 Å². The summed E-state index contributed by atoms with van der Waals surface area (Å²) in [4.78, 5) is 14.2. The van der Waals surface area contributed by atoms with E-state index in [4.69, 9.17) is 14.2 Å². The van der Waals surface area contributed by atoms with Crippen molar-refractivity contribution in [1.29, 1.82) is 0 Å². The van der Waals surface area contributed by atoms with Gasteiger partial charge in [-0.1, -0.05) is 19.4 Å². The molecule has 134 valence electrons. The molecule has 24 heavy (non-hydrogen) atoms. The van der Waals surface area contributed by atoms with Gasteiger partial charge in [-0.3, -0.25) is 4.79 Å². The van der Waals surface area contributed by atoms with E-state index in [9.17, 15) is 4.79 Å². The second kappa shape index (κ2) is 9.79. The van der Waals surface area contributed by atoms with Crippen LogP contribution in [-0.4, -0.2) is 50.5 Å². The van der Waals surface area contributed by atoms with Crippen LogP contribution in [0.3, 0.4) is 0 Å². The predicted molar refractivity (Wildman–Crippen MR) is 96.8 cm³/mol. The van der Waals surface area contributed by atoms with Crippen LogP contribution in [0.2, 0.25) is 0 Å². The number of methoxy groups -OCH3 is 2. The van der Waals surface area contributed by atoms with Gasteiger partial charge in [-0.2, -0.15) is 0 Å². The standard InChI is InChI=1S/C18H27NO4S/c1-4-5-11-23-12-7-10-19-16(20)13-24-18(19)17-14(21-2)8-6-9-15(17)22-3/h6,8-9,18H,4-5,7,10-13H2,1-3H3. The highest BCUT2D eigenvalue weighted by atomic mass is 32.2. The normalized spacial score (nSPS) is 17.4. The summed E-state index contributed by atoms with van der Waals surface area (Å²) >= 11 is 1.62. The zero-order valence-electron chi connectivity index (χ0n) is 14.7. The number of amides is 1. The van der Waals surface area contributed by atoms with Crippen LogP contribution in [0, 0.1) is 0 Å². The molecule has 1 aromatic rings. The highest BCUT2D eigenvalue weighted by Crippen LogP contribution is 2.46. The van der Waals surface area contributed by atoms with Crippen molar-refractivity contribution in [3.63, 3.8) is 0 Å². The van der Waals surface area contributed by atoms with E-state index >= 15 is 0 Å². The Hall–Kier alpha value is -1.40. The van der Waals surface area contributed by atoms with Crippen LogP contribution in [0.4, 0.5) is 0 Å². The molecule has 1 fully saturated rings. The first kappa shape index (κ1) is 18.9. The lowest BCUT2D eigenvalue weighted by Crippen LogP contribution is -2.30. The predicted octanol–water partition coefficient (Wildman–Crippen LogP) is 3.48. The van der Waals surface area contributed by atoms with E-state index in [1.165, 1.54) is 0 Å². The third kappa shape index (κ3) is 4.57. The Morgan fingerprint density at radius 2 is 1.83 bits per heavy atom. The van der Waals surface area contributed by atoms with Crippen LogP contribution >= 0.6 is 11.8 Å². The van der Waals surface area contributed by atoms with Gasteiger partial charge in [-0.25, -0.2) is 0 Å². The number of ether oxygens (including phenoxy) is 3. The van der Waals surface area contributed by atoms with Crippen molar-refractivity contribution in [2.75, 3.05) is 39.7 Å². The summed E-state index contributed by atoms with van der Waals surface area (Å²) in [5.41, 5.74) is 0.935. The van der Waals surface area contributed by atoms with Gasteiger partial charge in [0.1, 0.15) is 16.9 Å². The lowest BCUT2D eigenvalue weighted by Gasteiger charge is -2.26. The zero-order valence-corrected chi connectivity index (χ0v) is 15.6. The van der Waals surface area contributed by atoms with Crippen molar-refractivity contribution in [2.24, 2.45) is 0 Å². The minimum absolute atomic E-state index is 0.0701. The fraction of sp³-hybridized carbons (Fsp3) is 0.611. The SMILES string of the molecule is CCCCOCCCN1C(=O)CSC1c1c(OC)cccc1OC. The van der Waals surface area contributed by atoms with Crippen LogP contribution in [-0.2, 0) is 9.53 Å². The molecule has 1 saturated heterocycles. The molecule has 0 aromatic heterocycles. The maximum Gasteiger partial charge on any atom is 0.233 e. The van der Waals surface area contributed by atoms with Gasteiger partial charge in [-0.05, 0) is 25.0 Å². The first-order valence-corrected chi connectivity index (χ1v) is 9.47. The van der Waals surface area contributed by atoms with E-state index in [1.54, 1.807) is 26.0 Å². The first-order valence-electron chi connectivity index (χ1n) is 8.42. The van der Waals surface area contributed by atoms with Gasteiger partial charge in [0.25, 0.3) is 0 Å². The molecular weight excluding hydrogens is 326 g/mol. The smallest absolute Gasteiger partial charge is 0.233 e. The van der Waals surface area contributed by atoms with Crippen molar-refractivity contribution >= 4 is 17.7 Å². The Morgan fingerprint density at radius 1 is 1.17 bits per heavy atom. The fourth-order valence-corrected chi connectivity index (χ4v) is 4.01. The van der Waals surface area contributed by atoms with E-state index in [1.807, 2.05) is 23.1 Å². The molecular formula is C18H27NO4S. The number of carbonyl (C=O) groups excluding carboxylic acids is 1. The Kier molecular flexibility index (Phi) is 7.72. The highest BCUT2D eigenvalue weighted by Gasteiger charge is 2.36. The lowest BCUT2D eigenvalue weighted by molar-refractivity contribution is -0.128. The van der Waals surface area contributed by atoms with Crippen LogP contribution < -0.4 is 9.47 Å². The average Bonchev–Trinajstić information content (AvgIpc) is 2.97. The van der Waals surface area contributed by atoms with E-state index in [0.29, 0.717) is 18.9 Å². The van der Waals surface area contributed by atoms with Crippen LogP contribution in [0.5, 0.6) is 11.5 Å². The molecule has 0 spiro atoms. The zero-order chi connectivity index (χ0) is 17.4. The van der Waals surface area contributed by atoms with E-state index in [2.05, 4.69) is 6.92 Å². The molecule has 0 aliphatic carbocycles. The number of carbonyl (C=O) groups is 1. The van der Waals surface area contributed by atoms with Gasteiger partial charge in [0, 0.05) is 19.8 Å². The van der Waals surface area contributed by atoms with Gasteiger partial charge in [0.2, 0.25) is 5.91 Å². The molecule has 1 unspecified atom stereocenters. The first-order chi connectivity index (χ1) is 11.7. The molecule has 6 heteroatoms. The largest absolute Gasteiger partial charge is 0.496 e. The van der Waals surface area contributed by atoms with Crippen molar-refractivity contribution < 1.29 is 19.0 Å². The number of rotatable bonds is 10. The monoisotopic (exact) mass is 353 g/mol. The highest BCUT2D eigenvalue weighted by molar-refractivity contribution is 8.00. The maximum atomic E-state index is 12.3. The molecule has 0 N–H and O–H groups in total. The minimum atomic E-state index is -0.0701. The quantitative estimate of drug-likeness (QED) is 0.603. The van der Waals surface area contributed by atoms with Gasteiger partial charge >= 0.3 is 0 Å². The molecule has 0 saturated carbocycles. The second-order valence-electron chi connectivity index (χ2n) is 5.65. The van der Waals surface area contributed by atoms with Gasteiger partial charge in [0.05, 0.1) is 25.5 Å². The van der Waals surface area contributed by atoms with E-state index in [0.717, 1.165) is 42.9 Å². The molecule has 1 amide bonds. The maximum absolute atomic E-state index is 12.3. The third-order valence-corrected chi connectivity index (χ3v) is 5.23. The van der Waals surface area contributed by atoms with Gasteiger partial charge in [-0.15, -0.1) is 11.8 Å². The second-order valence-corrected chi connectivity index (χ2v) is 6.71. The summed E-state index contributed by atoms with van der Waals surface area (Å²) in [5.74, 6) is 2.16. The number of hydrogen-bond acceptors (Lipinski definition) is 5. The minimum Gasteiger partial charge on any atom is -0.496 e. The Morgan fingerprint density at radius 3 is 2.46 bits per heavy atom. The van der Waals surface area contributed by atoms with E-state index in [-0.39, 0.29) is 11.3 Å². The third-order valence-electron chi connectivity index (χ3n) is 4.01. The number of thioether (sulfide) groups is 1. The number of nitrogens with zero attached hydrogens (tertiary/aromatic N) is 1. The summed E-state index contributed by atoms with van der Waals surface area (Å²) in [7, 11) is 3.29. The van der Waals surface area contributed by atoms with Crippen LogP contribution in [0.1, 0.15) is 37.1 Å². The number of benzene rings is 1. The lowest BCUT2D eigenvalue weighted by atomic mass is 10.1. The Balaban J connectivity index is 2.05. The van der Waals surface area contributed by atoms with Crippen LogP contribution in [0.15, 0.2) is 18.2 Å². The van der Waals surface area contributed by atoms with Crippen LogP contribution in [0.25, 0.3) is 0 Å². The van der Waals surface area contributed by atoms with Crippen molar-refractivity contribution in [3.05, 3.63) is 23.8 Å². The molecule has 0 bridgehead atoms. The summed E-state index contributed by atoms with van der Waals surface area (Å²) < 4.78 is 16.6. The average molecular weight is 353 g/mol. The summed E-state index contributed by atoms with van der Waals surface area (Å²) in [6.07, 6.45) is 3.06. The molecule has 1 heterocycles. The molecule has 1 aliphatic heterocycles. The number of unbranched alkanes of at least 4 members (excludes halogenated alkanes) is 1. The molecule has 1 aliphatic rings. The molecule has 0 radical (unpaired) electrons. The van der Waals surface area contributed by atoms with Gasteiger partial charge < -0.3 is 19.1 Å². The Labute approximate surface area is 148 Å². The molecule has 1 atom stereocenters. The van der Waals surface area contributed by atoms with E-state index < -0.39 is 0 Å². The summed E-state index contributed by atoms with van der Waals surface area (Å²) in [6.45, 7) is 4.31. The molecule has 2 rings (SSSR count). The summed E-state index contributed by atoms with van der Waals surface area (Å²) in [6, 6.07) is 5.72. The van der Waals surface area contributed by atoms with Crippen molar-refractivity contribution in [2.45, 2.75) is 31.6 Å². The number of hydrogen-bond donors (Lipinski definition) is 0. The Bertz CT molecular complexity index is 516. The molecule has 5 nitrogen and oxygen atoms in total. The molecule has 1 aromatic carbocycles. The van der Waals surface area contributed by atoms with Crippen molar-refractivity contribution in [1.82, 2.24) is 4.90 Å². The van der Waals surface area contributed by atoms with Gasteiger partial charge in [0.15, 0.2) is 0 Å².